The quantitative estimate of drug-likeness (QED) is 0.568. The monoisotopic (exact) mass is 360 g/mol. The fourth-order valence-electron chi connectivity index (χ4n) is 2.62. The van der Waals surface area contributed by atoms with E-state index in [0.29, 0.717) is 22.2 Å². The van der Waals surface area contributed by atoms with Crippen molar-refractivity contribution in [1.29, 1.82) is 0 Å². The normalized spacial score (nSPS) is 10.8. The fraction of sp³-hybridized carbons (Fsp3) is 0.118. The Morgan fingerprint density at radius 1 is 1.32 bits per heavy atom. The van der Waals surface area contributed by atoms with Gasteiger partial charge < -0.3 is 9.84 Å². The number of carbonyl (C=O) groups excluding carboxylic acids is 1. The molecule has 0 radical (unpaired) electrons. The summed E-state index contributed by atoms with van der Waals surface area (Å²) in [6, 6.07) is 8.97. The Balaban J connectivity index is 2.15. The van der Waals surface area contributed by atoms with Gasteiger partial charge >= 0.3 is 0 Å². The first-order valence-corrected chi connectivity index (χ1v) is 7.61. The van der Waals surface area contributed by atoms with E-state index in [0.717, 1.165) is 6.07 Å². The number of methoxy groups -OCH3 is 1. The van der Waals surface area contributed by atoms with E-state index in [4.69, 9.17) is 16.3 Å². The summed E-state index contributed by atoms with van der Waals surface area (Å²) in [4.78, 5) is 23.2. The smallest absolute Gasteiger partial charge is 0.288 e. The predicted octanol–water partition coefficient (Wildman–Crippen LogP) is 3.39. The topological polar surface area (TPSA) is 94.6 Å². The number of hydrogen-bond acceptors (Lipinski definition) is 5. The second-order valence-electron chi connectivity index (χ2n) is 5.29. The highest BCUT2D eigenvalue weighted by atomic mass is 35.5. The summed E-state index contributed by atoms with van der Waals surface area (Å²) in [5.41, 5.74) is 0.888. The molecule has 1 N–H and O–H groups in total. The second-order valence-corrected chi connectivity index (χ2v) is 5.70. The van der Waals surface area contributed by atoms with Crippen LogP contribution in [0.15, 0.2) is 42.6 Å². The van der Waals surface area contributed by atoms with E-state index < -0.39 is 10.8 Å². The van der Waals surface area contributed by atoms with Crippen LogP contribution in [-0.4, -0.2) is 27.6 Å². The van der Waals surface area contributed by atoms with Crippen molar-refractivity contribution in [2.75, 3.05) is 7.11 Å². The number of aliphatic hydroxyl groups is 1. The molecule has 0 unspecified atom stereocenters. The SMILES string of the molecule is COc1ccc2c(c1)c(CO)cn2C(=O)c1ccc(Cl)c([N+](=O)[O-])c1. The highest BCUT2D eigenvalue weighted by molar-refractivity contribution is 6.32. The van der Waals surface area contributed by atoms with Gasteiger partial charge in [0.25, 0.3) is 11.6 Å². The molecule has 0 aliphatic rings. The average Bonchev–Trinajstić information content (AvgIpc) is 2.99. The van der Waals surface area contributed by atoms with Gasteiger partial charge in [-0.1, -0.05) is 11.6 Å². The summed E-state index contributed by atoms with van der Waals surface area (Å²) >= 11 is 5.79. The maximum absolute atomic E-state index is 12.8. The Kier molecular flexibility index (Phi) is 4.43. The van der Waals surface area contributed by atoms with Crippen molar-refractivity contribution in [3.63, 3.8) is 0 Å². The van der Waals surface area contributed by atoms with E-state index in [1.165, 1.54) is 30.0 Å². The number of aromatic nitrogens is 1. The number of nitro benzene ring substituents is 1. The standard InChI is InChI=1S/C17H13ClN2O5/c1-25-12-3-5-15-13(7-12)11(9-21)8-19(15)17(22)10-2-4-14(18)16(6-10)20(23)24/h2-8,21H,9H2,1H3. The lowest BCUT2D eigenvalue weighted by Crippen LogP contribution is -2.11. The Morgan fingerprint density at radius 3 is 2.72 bits per heavy atom. The molecule has 8 heteroatoms. The number of ether oxygens (including phenoxy) is 1. The van der Waals surface area contributed by atoms with E-state index in [9.17, 15) is 20.0 Å². The molecule has 0 aliphatic heterocycles. The van der Waals surface area contributed by atoms with Crippen molar-refractivity contribution in [2.45, 2.75) is 6.61 Å². The number of carbonyl (C=O) groups is 1. The number of halogens is 1. The lowest BCUT2D eigenvalue weighted by Gasteiger charge is -2.06. The third kappa shape index (κ3) is 2.95. The van der Waals surface area contributed by atoms with E-state index in [1.54, 1.807) is 18.2 Å². The molecule has 0 aliphatic carbocycles. The molecule has 7 nitrogen and oxygen atoms in total. The van der Waals surface area contributed by atoms with Crippen LogP contribution in [0.3, 0.4) is 0 Å². The van der Waals surface area contributed by atoms with Crippen LogP contribution in [0.4, 0.5) is 5.69 Å². The lowest BCUT2D eigenvalue weighted by atomic mass is 10.1. The molecular weight excluding hydrogens is 348 g/mol. The average molecular weight is 361 g/mol. The number of nitro groups is 1. The van der Waals surface area contributed by atoms with Gasteiger partial charge in [-0.25, -0.2) is 0 Å². The van der Waals surface area contributed by atoms with Gasteiger partial charge in [0.05, 0.1) is 24.2 Å². The third-order valence-corrected chi connectivity index (χ3v) is 4.19. The number of benzene rings is 2. The molecule has 0 saturated heterocycles. The minimum atomic E-state index is -0.642. The summed E-state index contributed by atoms with van der Waals surface area (Å²) in [7, 11) is 1.52. The number of hydrogen-bond donors (Lipinski definition) is 1. The van der Waals surface area contributed by atoms with Gasteiger partial charge in [-0.2, -0.15) is 0 Å². The molecule has 1 heterocycles. The van der Waals surface area contributed by atoms with Crippen LogP contribution in [0.5, 0.6) is 5.75 Å². The third-order valence-electron chi connectivity index (χ3n) is 3.87. The molecule has 0 spiro atoms. The zero-order chi connectivity index (χ0) is 18.1. The molecule has 3 rings (SSSR count). The maximum Gasteiger partial charge on any atom is 0.288 e. The van der Waals surface area contributed by atoms with Gasteiger partial charge in [0, 0.05) is 28.8 Å². The van der Waals surface area contributed by atoms with Gasteiger partial charge in [0.2, 0.25) is 0 Å². The molecule has 0 amide bonds. The molecule has 0 saturated carbocycles. The van der Waals surface area contributed by atoms with Crippen molar-refractivity contribution in [3.8, 4) is 5.75 Å². The summed E-state index contributed by atoms with van der Waals surface area (Å²) in [6.45, 7) is -0.259. The van der Waals surface area contributed by atoms with Crippen LogP contribution in [0.1, 0.15) is 15.9 Å². The molecule has 128 valence electrons. The molecule has 0 atom stereocenters. The van der Waals surface area contributed by atoms with Crippen molar-refractivity contribution in [1.82, 2.24) is 4.57 Å². The van der Waals surface area contributed by atoms with Gasteiger partial charge in [-0.15, -0.1) is 0 Å². The van der Waals surface area contributed by atoms with E-state index in [2.05, 4.69) is 0 Å². The van der Waals surface area contributed by atoms with Crippen LogP contribution in [0.25, 0.3) is 10.9 Å². The molecular formula is C17H13ClN2O5. The molecule has 2 aromatic carbocycles. The Bertz CT molecular complexity index is 996. The minimum absolute atomic E-state index is 0.0419. The van der Waals surface area contributed by atoms with Crippen molar-refractivity contribution in [2.24, 2.45) is 0 Å². The van der Waals surface area contributed by atoms with E-state index in [1.807, 2.05) is 0 Å². The molecule has 0 fully saturated rings. The summed E-state index contributed by atoms with van der Waals surface area (Å²) < 4.78 is 6.51. The van der Waals surface area contributed by atoms with Crippen LogP contribution < -0.4 is 4.74 Å². The number of rotatable bonds is 4. The van der Waals surface area contributed by atoms with Crippen molar-refractivity contribution >= 4 is 34.1 Å². The predicted molar refractivity (Wildman–Crippen MR) is 92.2 cm³/mol. The van der Waals surface area contributed by atoms with E-state index in [-0.39, 0.29) is 22.9 Å². The Hall–Kier alpha value is -2.90. The lowest BCUT2D eigenvalue weighted by molar-refractivity contribution is -0.384. The first kappa shape index (κ1) is 16.9. The highest BCUT2D eigenvalue weighted by Gasteiger charge is 2.20. The maximum atomic E-state index is 12.8. The Labute approximate surface area is 147 Å². The zero-order valence-corrected chi connectivity index (χ0v) is 13.9. The van der Waals surface area contributed by atoms with Crippen LogP contribution in [0, 0.1) is 10.1 Å². The van der Waals surface area contributed by atoms with Gasteiger partial charge in [0.15, 0.2) is 0 Å². The fourth-order valence-corrected chi connectivity index (χ4v) is 2.81. The Morgan fingerprint density at radius 2 is 2.08 bits per heavy atom. The highest BCUT2D eigenvalue weighted by Crippen LogP contribution is 2.29. The van der Waals surface area contributed by atoms with Gasteiger partial charge in [-0.05, 0) is 30.3 Å². The molecule has 25 heavy (non-hydrogen) atoms. The summed E-state index contributed by atoms with van der Waals surface area (Å²) in [6.07, 6.45) is 1.51. The second kappa shape index (κ2) is 6.54. The van der Waals surface area contributed by atoms with Gasteiger partial charge in [0.1, 0.15) is 10.8 Å². The van der Waals surface area contributed by atoms with Crippen LogP contribution in [0.2, 0.25) is 5.02 Å². The van der Waals surface area contributed by atoms with Crippen molar-refractivity contribution < 1.29 is 19.6 Å². The van der Waals surface area contributed by atoms with Crippen molar-refractivity contribution in [3.05, 3.63) is 68.9 Å². The number of nitrogens with zero attached hydrogens (tertiary/aromatic N) is 2. The number of aliphatic hydroxyl groups excluding tert-OH is 1. The van der Waals surface area contributed by atoms with Crippen LogP contribution in [-0.2, 0) is 6.61 Å². The largest absolute Gasteiger partial charge is 0.497 e. The summed E-state index contributed by atoms with van der Waals surface area (Å²) in [5.74, 6) is 0.129. The molecule has 0 bridgehead atoms. The minimum Gasteiger partial charge on any atom is -0.497 e. The number of fused-ring (bicyclic) bond motifs is 1. The van der Waals surface area contributed by atoms with E-state index >= 15 is 0 Å². The molecule has 1 aromatic heterocycles. The summed E-state index contributed by atoms with van der Waals surface area (Å²) in [5, 5.41) is 21.2. The van der Waals surface area contributed by atoms with Gasteiger partial charge in [-0.3, -0.25) is 19.5 Å². The first-order chi connectivity index (χ1) is 12.0. The first-order valence-electron chi connectivity index (χ1n) is 7.23. The zero-order valence-electron chi connectivity index (χ0n) is 13.1. The molecule has 3 aromatic rings. The van der Waals surface area contributed by atoms with Crippen LogP contribution >= 0.6 is 11.6 Å².